The molecule has 0 saturated carbocycles. The molecule has 2 aromatic heterocycles. The van der Waals surface area contributed by atoms with Crippen LogP contribution in [-0.4, -0.2) is 24.5 Å². The second-order valence-electron chi connectivity index (χ2n) is 4.05. The number of thiophene rings is 1. The van der Waals surface area contributed by atoms with Gasteiger partial charge in [0.05, 0.1) is 17.1 Å². The molecule has 2 rings (SSSR count). The Morgan fingerprint density at radius 3 is 2.80 bits per heavy atom. The van der Waals surface area contributed by atoms with E-state index in [-0.39, 0.29) is 16.3 Å². The van der Waals surface area contributed by atoms with Gasteiger partial charge in [-0.1, -0.05) is 6.07 Å². The molecule has 0 radical (unpaired) electrons. The number of rotatable bonds is 5. The molecule has 20 heavy (non-hydrogen) atoms. The van der Waals surface area contributed by atoms with Gasteiger partial charge >= 0.3 is 5.97 Å². The minimum absolute atomic E-state index is 0.0148. The maximum atomic E-state index is 12.0. The molecule has 0 spiro atoms. The molecule has 2 N–H and O–H groups in total. The minimum Gasteiger partial charge on any atom is -0.477 e. The lowest BCUT2D eigenvalue weighted by atomic mass is 10.3. The molecule has 106 valence electrons. The minimum atomic E-state index is -3.73. The highest BCUT2D eigenvalue weighted by Gasteiger charge is 2.18. The number of hydrogen-bond acceptors (Lipinski definition) is 5. The van der Waals surface area contributed by atoms with Crippen LogP contribution in [0, 0.1) is 6.92 Å². The summed E-state index contributed by atoms with van der Waals surface area (Å²) in [5.74, 6) is -1.14. The highest BCUT2D eigenvalue weighted by atomic mass is 32.2. The molecule has 0 amide bonds. The molecule has 2 heterocycles. The van der Waals surface area contributed by atoms with E-state index in [0.717, 1.165) is 23.1 Å². The zero-order valence-electron chi connectivity index (χ0n) is 10.5. The van der Waals surface area contributed by atoms with Crippen molar-refractivity contribution < 1.29 is 18.3 Å². The zero-order chi connectivity index (χ0) is 14.8. The number of pyridine rings is 1. The van der Waals surface area contributed by atoms with E-state index in [0.29, 0.717) is 5.69 Å². The van der Waals surface area contributed by atoms with Crippen molar-refractivity contribution in [2.75, 3.05) is 0 Å². The van der Waals surface area contributed by atoms with Gasteiger partial charge in [-0.25, -0.2) is 17.9 Å². The van der Waals surface area contributed by atoms with Crippen LogP contribution in [0.5, 0.6) is 0 Å². The number of aromatic nitrogens is 1. The topological polar surface area (TPSA) is 96.4 Å². The van der Waals surface area contributed by atoms with Crippen molar-refractivity contribution in [3.8, 4) is 0 Å². The second kappa shape index (κ2) is 5.70. The van der Waals surface area contributed by atoms with Crippen LogP contribution in [0.25, 0.3) is 0 Å². The predicted octanol–water partition coefficient (Wildman–Crippen LogP) is 1.63. The fraction of sp³-hybridized carbons (Fsp3) is 0.167. The summed E-state index contributed by atoms with van der Waals surface area (Å²) in [6.45, 7) is 1.87. The van der Waals surface area contributed by atoms with Crippen LogP contribution in [0.15, 0.2) is 34.5 Å². The smallest absolute Gasteiger partial charge is 0.345 e. The first-order chi connectivity index (χ1) is 9.38. The molecular weight excluding hydrogens is 300 g/mol. The van der Waals surface area contributed by atoms with E-state index >= 15 is 0 Å². The molecule has 0 aliphatic rings. The average molecular weight is 312 g/mol. The number of aromatic carboxylic acids is 1. The molecule has 0 aliphatic carbocycles. The standard InChI is InChI=1S/C12H12N2O4S2/c1-8-3-2-4-9(14-8)6-13-20(17,18)10-5-11(12(15)16)19-7-10/h2-5,7,13H,6H2,1H3,(H,15,16). The lowest BCUT2D eigenvalue weighted by molar-refractivity contribution is 0.0702. The quantitative estimate of drug-likeness (QED) is 0.874. The van der Waals surface area contributed by atoms with Gasteiger partial charge in [-0.3, -0.25) is 4.98 Å². The lowest BCUT2D eigenvalue weighted by Crippen LogP contribution is -2.23. The molecule has 0 fully saturated rings. The fourth-order valence-corrected chi connectivity index (χ4v) is 3.63. The summed E-state index contributed by atoms with van der Waals surface area (Å²) in [5.41, 5.74) is 1.40. The average Bonchev–Trinajstić information content (AvgIpc) is 2.87. The van der Waals surface area contributed by atoms with Gasteiger partial charge in [0.1, 0.15) is 4.88 Å². The number of carbonyl (C=O) groups is 1. The van der Waals surface area contributed by atoms with Crippen molar-refractivity contribution in [3.63, 3.8) is 0 Å². The summed E-state index contributed by atoms with van der Waals surface area (Å²) in [5, 5.41) is 10.1. The Morgan fingerprint density at radius 1 is 1.45 bits per heavy atom. The van der Waals surface area contributed by atoms with Gasteiger partial charge in [-0.2, -0.15) is 0 Å². The number of sulfonamides is 1. The summed E-state index contributed by atoms with van der Waals surface area (Å²) >= 11 is 0.874. The van der Waals surface area contributed by atoms with E-state index < -0.39 is 16.0 Å². The number of hydrogen-bond donors (Lipinski definition) is 2. The van der Waals surface area contributed by atoms with Crippen LogP contribution < -0.4 is 4.72 Å². The SMILES string of the molecule is Cc1cccc(CNS(=O)(=O)c2csc(C(=O)O)c2)n1. The largest absolute Gasteiger partial charge is 0.477 e. The zero-order valence-corrected chi connectivity index (χ0v) is 12.2. The van der Waals surface area contributed by atoms with E-state index in [2.05, 4.69) is 9.71 Å². The summed E-state index contributed by atoms with van der Waals surface area (Å²) in [4.78, 5) is 14.9. The van der Waals surface area contributed by atoms with Gasteiger partial charge in [0, 0.05) is 11.1 Å². The van der Waals surface area contributed by atoms with E-state index in [1.807, 2.05) is 13.0 Å². The molecular formula is C12H12N2O4S2. The van der Waals surface area contributed by atoms with Crippen molar-refractivity contribution in [3.05, 3.63) is 45.9 Å². The van der Waals surface area contributed by atoms with Gasteiger partial charge < -0.3 is 5.11 Å². The Labute approximate surface area is 120 Å². The third-order valence-electron chi connectivity index (χ3n) is 2.49. The van der Waals surface area contributed by atoms with Crippen molar-refractivity contribution in [2.24, 2.45) is 0 Å². The first-order valence-corrected chi connectivity index (χ1v) is 7.99. The van der Waals surface area contributed by atoms with Gasteiger partial charge in [0.2, 0.25) is 10.0 Å². The van der Waals surface area contributed by atoms with Crippen LogP contribution in [0.1, 0.15) is 21.1 Å². The number of nitrogens with zero attached hydrogens (tertiary/aromatic N) is 1. The first-order valence-electron chi connectivity index (χ1n) is 5.62. The van der Waals surface area contributed by atoms with Crippen LogP contribution in [0.4, 0.5) is 0 Å². The highest BCUT2D eigenvalue weighted by molar-refractivity contribution is 7.89. The predicted molar refractivity (Wildman–Crippen MR) is 74.3 cm³/mol. The maximum Gasteiger partial charge on any atom is 0.345 e. The van der Waals surface area contributed by atoms with Crippen molar-refractivity contribution in [1.82, 2.24) is 9.71 Å². The number of carboxylic acids is 1. The second-order valence-corrected chi connectivity index (χ2v) is 6.72. The van der Waals surface area contributed by atoms with E-state index in [1.165, 1.54) is 5.38 Å². The fourth-order valence-electron chi connectivity index (χ4n) is 1.52. The van der Waals surface area contributed by atoms with Crippen LogP contribution in [0.2, 0.25) is 0 Å². The Bertz CT molecular complexity index is 737. The van der Waals surface area contributed by atoms with Gasteiger partial charge in [-0.15, -0.1) is 11.3 Å². The van der Waals surface area contributed by atoms with Gasteiger partial charge in [0.25, 0.3) is 0 Å². The van der Waals surface area contributed by atoms with Crippen LogP contribution in [-0.2, 0) is 16.6 Å². The number of aryl methyl sites for hydroxylation is 1. The summed E-state index contributed by atoms with van der Waals surface area (Å²) in [6, 6.07) is 6.46. The number of nitrogens with one attached hydrogen (secondary N) is 1. The van der Waals surface area contributed by atoms with Crippen molar-refractivity contribution in [1.29, 1.82) is 0 Å². The Kier molecular flexibility index (Phi) is 4.17. The van der Waals surface area contributed by atoms with Crippen LogP contribution in [0.3, 0.4) is 0 Å². The molecule has 0 aromatic carbocycles. The van der Waals surface area contributed by atoms with Crippen LogP contribution >= 0.6 is 11.3 Å². The Morgan fingerprint density at radius 2 is 2.20 bits per heavy atom. The van der Waals surface area contributed by atoms with E-state index in [9.17, 15) is 13.2 Å². The van der Waals surface area contributed by atoms with Crippen molar-refractivity contribution >= 4 is 27.3 Å². The van der Waals surface area contributed by atoms with Gasteiger partial charge in [-0.05, 0) is 25.1 Å². The van der Waals surface area contributed by atoms with E-state index in [1.54, 1.807) is 12.1 Å². The third-order valence-corrected chi connectivity index (χ3v) is 4.93. The summed E-state index contributed by atoms with van der Waals surface area (Å²) < 4.78 is 26.4. The molecule has 0 bridgehead atoms. The Hall–Kier alpha value is -1.77. The molecule has 0 aliphatic heterocycles. The molecule has 2 aromatic rings. The normalized spacial score (nSPS) is 11.4. The lowest BCUT2D eigenvalue weighted by Gasteiger charge is -2.05. The molecule has 0 unspecified atom stereocenters. The van der Waals surface area contributed by atoms with Crippen molar-refractivity contribution in [2.45, 2.75) is 18.4 Å². The summed E-state index contributed by atoms with van der Waals surface area (Å²) in [7, 11) is -3.73. The number of carboxylic acid groups (broad SMARTS) is 1. The summed E-state index contributed by atoms with van der Waals surface area (Å²) in [6.07, 6.45) is 0. The van der Waals surface area contributed by atoms with E-state index in [4.69, 9.17) is 5.11 Å². The van der Waals surface area contributed by atoms with Gasteiger partial charge in [0.15, 0.2) is 0 Å². The molecule has 0 atom stereocenters. The Balaban J connectivity index is 2.12. The molecule has 0 saturated heterocycles. The maximum absolute atomic E-state index is 12.0. The first kappa shape index (κ1) is 14.6. The monoisotopic (exact) mass is 312 g/mol. The molecule has 8 heteroatoms. The highest BCUT2D eigenvalue weighted by Crippen LogP contribution is 2.19. The molecule has 6 nitrogen and oxygen atoms in total. The third kappa shape index (κ3) is 3.41.